The Morgan fingerprint density at radius 2 is 2.00 bits per heavy atom. The van der Waals surface area contributed by atoms with E-state index in [-0.39, 0.29) is 0 Å². The zero-order valence-corrected chi connectivity index (χ0v) is 11.6. The third kappa shape index (κ3) is 2.32. The average Bonchev–Trinajstić information content (AvgIpc) is 2.91. The second-order valence-electron chi connectivity index (χ2n) is 4.57. The highest BCUT2D eigenvalue weighted by atomic mass is 16.5. The SMILES string of the molecule is CCNc1ccn2cc(-c3ccc(OC)cc3)nc2c1. The van der Waals surface area contributed by atoms with Crippen LogP contribution < -0.4 is 10.1 Å². The molecule has 4 nitrogen and oxygen atoms in total. The molecular formula is C16H17N3O. The normalized spacial score (nSPS) is 10.7. The van der Waals surface area contributed by atoms with Crippen molar-refractivity contribution >= 4 is 11.3 Å². The van der Waals surface area contributed by atoms with Crippen LogP contribution in [0.1, 0.15) is 6.92 Å². The molecule has 0 amide bonds. The number of imidazole rings is 1. The van der Waals surface area contributed by atoms with Crippen LogP contribution in [0.5, 0.6) is 5.75 Å². The number of hydrogen-bond acceptors (Lipinski definition) is 3. The maximum absolute atomic E-state index is 5.17. The Morgan fingerprint density at radius 1 is 1.20 bits per heavy atom. The van der Waals surface area contributed by atoms with E-state index >= 15 is 0 Å². The highest BCUT2D eigenvalue weighted by Gasteiger charge is 2.05. The van der Waals surface area contributed by atoms with E-state index in [2.05, 4.69) is 29.4 Å². The Bertz CT molecular complexity index is 716. The molecule has 1 N–H and O–H groups in total. The molecule has 20 heavy (non-hydrogen) atoms. The van der Waals surface area contributed by atoms with Gasteiger partial charge in [-0.2, -0.15) is 0 Å². The third-order valence-electron chi connectivity index (χ3n) is 3.23. The number of fused-ring (bicyclic) bond motifs is 1. The van der Waals surface area contributed by atoms with Crippen LogP contribution in [0, 0.1) is 0 Å². The number of anilines is 1. The first kappa shape index (κ1) is 12.5. The summed E-state index contributed by atoms with van der Waals surface area (Å²) >= 11 is 0. The number of methoxy groups -OCH3 is 1. The first-order valence-electron chi connectivity index (χ1n) is 6.67. The van der Waals surface area contributed by atoms with Gasteiger partial charge in [-0.05, 0) is 37.3 Å². The molecular weight excluding hydrogens is 250 g/mol. The van der Waals surface area contributed by atoms with Crippen LogP contribution >= 0.6 is 0 Å². The molecule has 0 atom stereocenters. The highest BCUT2D eigenvalue weighted by molar-refractivity contribution is 5.65. The van der Waals surface area contributed by atoms with Crippen LogP contribution in [-0.4, -0.2) is 23.0 Å². The third-order valence-corrected chi connectivity index (χ3v) is 3.23. The first-order valence-corrected chi connectivity index (χ1v) is 6.67. The van der Waals surface area contributed by atoms with Crippen molar-refractivity contribution in [2.45, 2.75) is 6.92 Å². The number of hydrogen-bond donors (Lipinski definition) is 1. The van der Waals surface area contributed by atoms with Gasteiger partial charge in [0, 0.05) is 36.3 Å². The first-order chi connectivity index (χ1) is 9.80. The molecule has 3 rings (SSSR count). The molecule has 2 aromatic heterocycles. The summed E-state index contributed by atoms with van der Waals surface area (Å²) in [6.45, 7) is 2.99. The summed E-state index contributed by atoms with van der Waals surface area (Å²) in [6, 6.07) is 12.0. The molecule has 0 radical (unpaired) electrons. The quantitative estimate of drug-likeness (QED) is 0.787. The van der Waals surface area contributed by atoms with Crippen molar-refractivity contribution in [2.24, 2.45) is 0 Å². The fourth-order valence-corrected chi connectivity index (χ4v) is 2.20. The molecule has 0 aliphatic rings. The maximum Gasteiger partial charge on any atom is 0.139 e. The second-order valence-corrected chi connectivity index (χ2v) is 4.57. The van der Waals surface area contributed by atoms with Gasteiger partial charge in [0.05, 0.1) is 12.8 Å². The van der Waals surface area contributed by atoms with Crippen molar-refractivity contribution in [1.82, 2.24) is 9.38 Å². The number of pyridine rings is 1. The Morgan fingerprint density at radius 3 is 2.70 bits per heavy atom. The van der Waals surface area contributed by atoms with E-state index in [4.69, 9.17) is 4.74 Å². The standard InChI is InChI=1S/C16H17N3O/c1-3-17-13-8-9-19-11-15(18-16(19)10-13)12-4-6-14(20-2)7-5-12/h4-11,17H,3H2,1-2H3. The minimum Gasteiger partial charge on any atom is -0.497 e. The van der Waals surface area contributed by atoms with Crippen LogP contribution in [0.4, 0.5) is 5.69 Å². The van der Waals surface area contributed by atoms with Gasteiger partial charge in [0.15, 0.2) is 0 Å². The maximum atomic E-state index is 5.17. The Hall–Kier alpha value is -2.49. The molecule has 0 aliphatic carbocycles. The molecule has 0 unspecified atom stereocenters. The highest BCUT2D eigenvalue weighted by Crippen LogP contribution is 2.23. The lowest BCUT2D eigenvalue weighted by Crippen LogP contribution is -1.96. The van der Waals surface area contributed by atoms with Gasteiger partial charge in [-0.25, -0.2) is 4.98 Å². The van der Waals surface area contributed by atoms with Gasteiger partial charge in [-0.3, -0.25) is 0 Å². The van der Waals surface area contributed by atoms with Gasteiger partial charge in [0.1, 0.15) is 11.4 Å². The summed E-state index contributed by atoms with van der Waals surface area (Å²) < 4.78 is 7.20. The molecule has 102 valence electrons. The summed E-state index contributed by atoms with van der Waals surface area (Å²) in [6.07, 6.45) is 4.06. The number of benzene rings is 1. The van der Waals surface area contributed by atoms with Crippen molar-refractivity contribution in [1.29, 1.82) is 0 Å². The van der Waals surface area contributed by atoms with Crippen LogP contribution in [0.15, 0.2) is 48.8 Å². The number of nitrogens with zero attached hydrogens (tertiary/aromatic N) is 2. The molecule has 3 aromatic rings. The minimum absolute atomic E-state index is 0.854. The van der Waals surface area contributed by atoms with Gasteiger partial charge in [-0.15, -0.1) is 0 Å². The zero-order valence-electron chi connectivity index (χ0n) is 11.6. The molecule has 0 aliphatic heterocycles. The molecule has 0 spiro atoms. The molecule has 0 saturated carbocycles. The van der Waals surface area contributed by atoms with Crippen LogP contribution in [0.25, 0.3) is 16.9 Å². The Kier molecular flexibility index (Phi) is 3.29. The van der Waals surface area contributed by atoms with Crippen molar-refractivity contribution in [3.8, 4) is 17.0 Å². The summed E-state index contributed by atoms with van der Waals surface area (Å²) in [5, 5.41) is 3.29. The average molecular weight is 267 g/mol. The largest absolute Gasteiger partial charge is 0.497 e. The number of ether oxygens (including phenoxy) is 1. The van der Waals surface area contributed by atoms with E-state index in [1.165, 1.54) is 0 Å². The van der Waals surface area contributed by atoms with Gasteiger partial charge in [0.2, 0.25) is 0 Å². The monoisotopic (exact) mass is 267 g/mol. The topological polar surface area (TPSA) is 38.6 Å². The van der Waals surface area contributed by atoms with E-state index in [1.54, 1.807) is 7.11 Å². The predicted molar refractivity (Wildman–Crippen MR) is 81.3 cm³/mol. The van der Waals surface area contributed by atoms with E-state index in [1.807, 2.05) is 41.1 Å². The van der Waals surface area contributed by atoms with Crippen LogP contribution in [0.3, 0.4) is 0 Å². The van der Waals surface area contributed by atoms with Crippen molar-refractivity contribution in [3.05, 3.63) is 48.8 Å². The van der Waals surface area contributed by atoms with E-state index < -0.39 is 0 Å². The summed E-state index contributed by atoms with van der Waals surface area (Å²) in [7, 11) is 1.67. The molecule has 1 aromatic carbocycles. The van der Waals surface area contributed by atoms with Gasteiger partial charge in [0.25, 0.3) is 0 Å². The fraction of sp³-hybridized carbons (Fsp3) is 0.188. The van der Waals surface area contributed by atoms with Crippen molar-refractivity contribution in [3.63, 3.8) is 0 Å². The van der Waals surface area contributed by atoms with Gasteiger partial charge in [-0.1, -0.05) is 0 Å². The van der Waals surface area contributed by atoms with Gasteiger partial charge >= 0.3 is 0 Å². The van der Waals surface area contributed by atoms with E-state index in [0.29, 0.717) is 0 Å². The summed E-state index contributed by atoms with van der Waals surface area (Å²) in [4.78, 5) is 4.66. The summed E-state index contributed by atoms with van der Waals surface area (Å²) in [5.74, 6) is 0.854. The fourth-order valence-electron chi connectivity index (χ4n) is 2.20. The predicted octanol–water partition coefficient (Wildman–Crippen LogP) is 3.44. The number of aromatic nitrogens is 2. The van der Waals surface area contributed by atoms with Crippen LogP contribution in [0.2, 0.25) is 0 Å². The minimum atomic E-state index is 0.854. The van der Waals surface area contributed by atoms with E-state index in [0.717, 1.165) is 34.9 Å². The summed E-state index contributed by atoms with van der Waals surface area (Å²) in [5.41, 5.74) is 4.07. The molecule has 2 heterocycles. The lowest BCUT2D eigenvalue weighted by molar-refractivity contribution is 0.415. The smallest absolute Gasteiger partial charge is 0.139 e. The molecule has 4 heteroatoms. The lowest BCUT2D eigenvalue weighted by Gasteiger charge is -2.02. The Balaban J connectivity index is 1.98. The molecule has 0 fully saturated rings. The Labute approximate surface area is 118 Å². The number of nitrogens with one attached hydrogen (secondary N) is 1. The van der Waals surface area contributed by atoms with Crippen molar-refractivity contribution < 1.29 is 4.74 Å². The van der Waals surface area contributed by atoms with Crippen LogP contribution in [-0.2, 0) is 0 Å². The van der Waals surface area contributed by atoms with Crippen molar-refractivity contribution in [2.75, 3.05) is 19.0 Å². The molecule has 0 saturated heterocycles. The van der Waals surface area contributed by atoms with E-state index in [9.17, 15) is 0 Å². The molecule has 0 bridgehead atoms. The zero-order chi connectivity index (χ0) is 13.9. The lowest BCUT2D eigenvalue weighted by atomic mass is 10.2. The second kappa shape index (κ2) is 5.25. The number of rotatable bonds is 4. The van der Waals surface area contributed by atoms with Gasteiger partial charge < -0.3 is 14.5 Å².